The molecule has 0 aliphatic carbocycles. The highest BCUT2D eigenvalue weighted by atomic mass is 15.2. The summed E-state index contributed by atoms with van der Waals surface area (Å²) in [5, 5.41) is 8.01. The molecule has 0 unspecified atom stereocenters. The minimum Gasteiger partial charge on any atom is -0.316 e. The Balaban J connectivity index is 1.39. The van der Waals surface area contributed by atoms with Gasteiger partial charge in [-0.3, -0.25) is 4.90 Å². The second-order valence-electron chi connectivity index (χ2n) is 7.03. The molecule has 0 bridgehead atoms. The molecule has 0 amide bonds. The van der Waals surface area contributed by atoms with E-state index in [0.717, 1.165) is 35.2 Å². The van der Waals surface area contributed by atoms with E-state index >= 15 is 0 Å². The third kappa shape index (κ3) is 2.41. The molecule has 5 heteroatoms. The summed E-state index contributed by atoms with van der Waals surface area (Å²) in [5.74, 6) is 1.66. The molecular weight excluding hydrogens is 298 g/mol. The van der Waals surface area contributed by atoms with Crippen LogP contribution in [0.15, 0.2) is 48.9 Å². The molecular formula is C19H21N5. The van der Waals surface area contributed by atoms with Gasteiger partial charge in [0.05, 0.1) is 6.20 Å². The standard InChI is InChI=1S/C19H21N5/c1-2-4-15(5-3-1)18-9-22-24-11-14(6-21-19(18)24)10-23-12-16-7-20-8-17(16)13-23/h1-6,9,11,16-17,20H,7-8,10,12-13H2/t16-,17+. The number of likely N-dealkylation sites (tertiary alicyclic amines) is 1. The number of fused-ring (bicyclic) bond motifs is 2. The van der Waals surface area contributed by atoms with Gasteiger partial charge in [-0.25, -0.2) is 9.50 Å². The smallest absolute Gasteiger partial charge is 0.162 e. The number of rotatable bonds is 3. The molecule has 2 fully saturated rings. The van der Waals surface area contributed by atoms with Crippen molar-refractivity contribution in [2.75, 3.05) is 26.2 Å². The average molecular weight is 319 g/mol. The van der Waals surface area contributed by atoms with Crippen LogP contribution < -0.4 is 5.32 Å². The van der Waals surface area contributed by atoms with Crippen molar-refractivity contribution in [1.82, 2.24) is 24.8 Å². The first-order valence-electron chi connectivity index (χ1n) is 8.67. The third-order valence-electron chi connectivity index (χ3n) is 5.37. The van der Waals surface area contributed by atoms with E-state index in [0.29, 0.717) is 0 Å². The molecule has 3 aromatic rings. The first kappa shape index (κ1) is 14.1. The lowest BCUT2D eigenvalue weighted by atomic mass is 10.0. The van der Waals surface area contributed by atoms with Gasteiger partial charge in [-0.1, -0.05) is 30.3 Å². The predicted octanol–water partition coefficient (Wildman–Crippen LogP) is 2.05. The van der Waals surface area contributed by atoms with Crippen LogP contribution in [0, 0.1) is 11.8 Å². The summed E-state index contributed by atoms with van der Waals surface area (Å²) < 4.78 is 1.91. The first-order chi connectivity index (χ1) is 11.9. The lowest BCUT2D eigenvalue weighted by Gasteiger charge is -2.16. The molecule has 1 aromatic carbocycles. The lowest BCUT2D eigenvalue weighted by Crippen LogP contribution is -2.25. The number of nitrogens with one attached hydrogen (secondary N) is 1. The SMILES string of the molecule is c1ccc(-c2cnn3cc(CN4C[C@H]5CNC[C@H]5C4)cnc23)cc1. The fourth-order valence-electron chi connectivity index (χ4n) is 4.16. The quantitative estimate of drug-likeness (QED) is 0.802. The Morgan fingerprint density at radius 3 is 2.62 bits per heavy atom. The highest BCUT2D eigenvalue weighted by Crippen LogP contribution is 2.28. The second-order valence-corrected chi connectivity index (χ2v) is 7.03. The van der Waals surface area contributed by atoms with E-state index in [9.17, 15) is 0 Å². The van der Waals surface area contributed by atoms with Crippen LogP contribution in [-0.2, 0) is 6.54 Å². The minimum atomic E-state index is 0.830. The maximum atomic E-state index is 4.69. The zero-order chi connectivity index (χ0) is 15.9. The van der Waals surface area contributed by atoms with E-state index in [2.05, 4.69) is 33.6 Å². The molecule has 2 atom stereocenters. The van der Waals surface area contributed by atoms with Gasteiger partial charge in [-0.05, 0) is 30.5 Å². The fourth-order valence-corrected chi connectivity index (χ4v) is 4.16. The summed E-state index contributed by atoms with van der Waals surface area (Å²) in [6.07, 6.45) is 6.05. The van der Waals surface area contributed by atoms with E-state index in [-0.39, 0.29) is 0 Å². The van der Waals surface area contributed by atoms with Crippen molar-refractivity contribution in [3.05, 3.63) is 54.5 Å². The van der Waals surface area contributed by atoms with Crippen molar-refractivity contribution in [2.45, 2.75) is 6.54 Å². The molecule has 0 saturated carbocycles. The van der Waals surface area contributed by atoms with Crippen LogP contribution in [0.3, 0.4) is 0 Å². The average Bonchev–Trinajstić information content (AvgIpc) is 3.29. The number of nitrogens with zero attached hydrogens (tertiary/aromatic N) is 4. The van der Waals surface area contributed by atoms with Gasteiger partial charge in [0.1, 0.15) is 0 Å². The van der Waals surface area contributed by atoms with Gasteiger partial charge in [0.15, 0.2) is 5.65 Å². The number of hydrogen-bond acceptors (Lipinski definition) is 4. The van der Waals surface area contributed by atoms with Crippen LogP contribution in [0.4, 0.5) is 0 Å². The first-order valence-corrected chi connectivity index (χ1v) is 8.67. The van der Waals surface area contributed by atoms with Crippen molar-refractivity contribution in [2.24, 2.45) is 11.8 Å². The van der Waals surface area contributed by atoms with E-state index in [1.54, 1.807) is 0 Å². The lowest BCUT2D eigenvalue weighted by molar-refractivity contribution is 0.304. The number of hydrogen-bond donors (Lipinski definition) is 1. The molecule has 2 saturated heterocycles. The summed E-state index contributed by atoms with van der Waals surface area (Å²) in [6.45, 7) is 5.72. The highest BCUT2D eigenvalue weighted by Gasteiger charge is 2.35. The Hall–Kier alpha value is -2.24. The van der Waals surface area contributed by atoms with Gasteiger partial charge >= 0.3 is 0 Å². The molecule has 1 N–H and O–H groups in total. The summed E-state index contributed by atoms with van der Waals surface area (Å²) >= 11 is 0. The zero-order valence-corrected chi connectivity index (χ0v) is 13.6. The fraction of sp³-hybridized carbons (Fsp3) is 0.368. The zero-order valence-electron chi connectivity index (χ0n) is 13.6. The van der Waals surface area contributed by atoms with E-state index < -0.39 is 0 Å². The van der Waals surface area contributed by atoms with Gasteiger partial charge in [0, 0.05) is 43.2 Å². The van der Waals surface area contributed by atoms with Crippen molar-refractivity contribution in [1.29, 1.82) is 0 Å². The molecule has 0 spiro atoms. The van der Waals surface area contributed by atoms with E-state index in [4.69, 9.17) is 4.98 Å². The largest absolute Gasteiger partial charge is 0.316 e. The molecule has 0 radical (unpaired) electrons. The molecule has 122 valence electrons. The maximum absolute atomic E-state index is 4.69. The van der Waals surface area contributed by atoms with Gasteiger partial charge in [-0.2, -0.15) is 5.10 Å². The van der Waals surface area contributed by atoms with Crippen molar-refractivity contribution in [3.63, 3.8) is 0 Å². The summed E-state index contributed by atoms with van der Waals surface area (Å²) in [4.78, 5) is 7.25. The van der Waals surface area contributed by atoms with Crippen LogP contribution in [0.25, 0.3) is 16.8 Å². The van der Waals surface area contributed by atoms with Crippen LogP contribution in [-0.4, -0.2) is 45.7 Å². The Morgan fingerprint density at radius 2 is 1.83 bits per heavy atom. The minimum absolute atomic E-state index is 0.830. The molecule has 5 nitrogen and oxygen atoms in total. The van der Waals surface area contributed by atoms with Crippen LogP contribution in [0.2, 0.25) is 0 Å². The molecule has 4 heterocycles. The Kier molecular flexibility index (Phi) is 3.35. The molecule has 24 heavy (non-hydrogen) atoms. The Morgan fingerprint density at radius 1 is 1.04 bits per heavy atom. The second kappa shape index (κ2) is 5.69. The van der Waals surface area contributed by atoms with E-state index in [1.807, 2.05) is 35.1 Å². The van der Waals surface area contributed by atoms with Crippen molar-refractivity contribution >= 4 is 5.65 Å². The molecule has 2 aliphatic rings. The predicted molar refractivity (Wildman–Crippen MR) is 93.5 cm³/mol. The monoisotopic (exact) mass is 319 g/mol. The van der Waals surface area contributed by atoms with Gasteiger partial charge < -0.3 is 5.32 Å². The van der Waals surface area contributed by atoms with Gasteiger partial charge in [0.25, 0.3) is 0 Å². The number of benzene rings is 1. The van der Waals surface area contributed by atoms with Gasteiger partial charge in [0.2, 0.25) is 0 Å². The normalized spacial score (nSPS) is 23.8. The molecule has 2 aliphatic heterocycles. The highest BCUT2D eigenvalue weighted by molar-refractivity contribution is 5.76. The Labute approximate surface area is 141 Å². The Bertz CT molecular complexity index is 845. The van der Waals surface area contributed by atoms with Crippen LogP contribution in [0.5, 0.6) is 0 Å². The van der Waals surface area contributed by atoms with Crippen molar-refractivity contribution < 1.29 is 0 Å². The van der Waals surface area contributed by atoms with Crippen LogP contribution in [0.1, 0.15) is 5.56 Å². The van der Waals surface area contributed by atoms with Crippen LogP contribution >= 0.6 is 0 Å². The topological polar surface area (TPSA) is 45.5 Å². The van der Waals surface area contributed by atoms with Crippen molar-refractivity contribution in [3.8, 4) is 11.1 Å². The number of aromatic nitrogens is 3. The molecule has 2 aromatic heterocycles. The summed E-state index contributed by atoms with van der Waals surface area (Å²) in [7, 11) is 0. The summed E-state index contributed by atoms with van der Waals surface area (Å²) in [6, 6.07) is 10.3. The molecule has 5 rings (SSSR count). The van der Waals surface area contributed by atoms with E-state index in [1.165, 1.54) is 31.7 Å². The summed E-state index contributed by atoms with van der Waals surface area (Å²) in [5.41, 5.74) is 4.40. The third-order valence-corrected chi connectivity index (χ3v) is 5.37. The van der Waals surface area contributed by atoms with Gasteiger partial charge in [-0.15, -0.1) is 0 Å². The maximum Gasteiger partial charge on any atom is 0.162 e.